The molecule has 2 rings (SSSR count). The van der Waals surface area contributed by atoms with Crippen LogP contribution in [-0.2, 0) is 0 Å². The molecule has 5 nitrogen and oxygen atoms in total. The number of nitro groups is 1. The van der Waals surface area contributed by atoms with Crippen molar-refractivity contribution in [3.63, 3.8) is 0 Å². The minimum atomic E-state index is -0.513. The highest BCUT2D eigenvalue weighted by atomic mass is 79.9. The Labute approximate surface area is 119 Å². The van der Waals surface area contributed by atoms with Crippen LogP contribution in [0.3, 0.4) is 0 Å². The molecular weight excluding hydrogens is 368 g/mol. The van der Waals surface area contributed by atoms with E-state index in [1.165, 1.54) is 6.07 Å². The summed E-state index contributed by atoms with van der Waals surface area (Å²) in [6, 6.07) is 8.57. The van der Waals surface area contributed by atoms with Crippen LogP contribution in [0.15, 0.2) is 45.5 Å². The molecule has 1 aromatic heterocycles. The van der Waals surface area contributed by atoms with E-state index in [0.29, 0.717) is 10.2 Å². The molecule has 0 spiro atoms. The Morgan fingerprint density at radius 2 is 2.06 bits per heavy atom. The third-order valence-electron chi connectivity index (χ3n) is 2.01. The van der Waals surface area contributed by atoms with Crippen molar-refractivity contribution in [2.45, 2.75) is 0 Å². The van der Waals surface area contributed by atoms with Crippen LogP contribution in [0.25, 0.3) is 0 Å². The van der Waals surface area contributed by atoms with Crippen molar-refractivity contribution in [2.24, 2.45) is 0 Å². The Morgan fingerprint density at radius 3 is 2.67 bits per heavy atom. The summed E-state index contributed by atoms with van der Waals surface area (Å²) >= 11 is 6.51. The predicted molar refractivity (Wildman–Crippen MR) is 72.8 cm³/mol. The zero-order valence-electron chi connectivity index (χ0n) is 8.84. The van der Waals surface area contributed by atoms with E-state index in [9.17, 15) is 10.1 Å². The fourth-order valence-electron chi connectivity index (χ4n) is 1.23. The minimum absolute atomic E-state index is 0.0940. The molecule has 0 saturated heterocycles. The van der Waals surface area contributed by atoms with Gasteiger partial charge in [0.25, 0.3) is 5.69 Å². The molecule has 0 fully saturated rings. The van der Waals surface area contributed by atoms with Gasteiger partial charge in [-0.2, -0.15) is 0 Å². The molecular formula is C11H6Br2N2O3. The van der Waals surface area contributed by atoms with Crippen molar-refractivity contribution in [1.82, 2.24) is 4.98 Å². The first kappa shape index (κ1) is 13.0. The molecule has 0 bridgehead atoms. The van der Waals surface area contributed by atoms with Crippen LogP contribution in [0.5, 0.6) is 11.6 Å². The molecule has 1 aromatic carbocycles. The van der Waals surface area contributed by atoms with Crippen molar-refractivity contribution in [2.75, 3.05) is 0 Å². The highest BCUT2D eigenvalue weighted by Crippen LogP contribution is 2.30. The van der Waals surface area contributed by atoms with Gasteiger partial charge in [0.05, 0.1) is 9.40 Å². The lowest BCUT2D eigenvalue weighted by Gasteiger charge is -2.06. The Hall–Kier alpha value is -1.47. The average molecular weight is 374 g/mol. The van der Waals surface area contributed by atoms with E-state index in [4.69, 9.17) is 4.74 Å². The standard InChI is InChI=1S/C11H6Br2N2O3/c12-7-2-1-3-9(4-7)18-11-10(13)5-8(6-14-11)15(16)17/h1-6H. The van der Waals surface area contributed by atoms with Gasteiger partial charge in [0, 0.05) is 10.5 Å². The third kappa shape index (κ3) is 3.05. The number of hydrogen-bond donors (Lipinski definition) is 0. The fraction of sp³-hybridized carbons (Fsp3) is 0. The maximum absolute atomic E-state index is 10.6. The summed E-state index contributed by atoms with van der Waals surface area (Å²) in [6.07, 6.45) is 1.15. The van der Waals surface area contributed by atoms with Gasteiger partial charge in [0.1, 0.15) is 11.9 Å². The lowest BCUT2D eigenvalue weighted by atomic mass is 10.3. The quantitative estimate of drug-likeness (QED) is 0.594. The summed E-state index contributed by atoms with van der Waals surface area (Å²) in [7, 11) is 0. The Bertz CT molecular complexity index is 605. The van der Waals surface area contributed by atoms with Crippen molar-refractivity contribution < 1.29 is 9.66 Å². The van der Waals surface area contributed by atoms with Crippen LogP contribution >= 0.6 is 31.9 Å². The lowest BCUT2D eigenvalue weighted by Crippen LogP contribution is -1.93. The molecule has 7 heteroatoms. The molecule has 18 heavy (non-hydrogen) atoms. The largest absolute Gasteiger partial charge is 0.438 e. The van der Waals surface area contributed by atoms with E-state index in [1.807, 2.05) is 12.1 Å². The van der Waals surface area contributed by atoms with Crippen LogP contribution < -0.4 is 4.74 Å². The average Bonchev–Trinajstić information content (AvgIpc) is 2.31. The SMILES string of the molecule is O=[N+]([O-])c1cnc(Oc2cccc(Br)c2)c(Br)c1. The molecule has 0 amide bonds. The molecule has 0 N–H and O–H groups in total. The van der Waals surface area contributed by atoms with Crippen molar-refractivity contribution >= 4 is 37.5 Å². The summed E-state index contributed by atoms with van der Waals surface area (Å²) in [5.41, 5.74) is -0.0940. The van der Waals surface area contributed by atoms with Crippen LogP contribution in [0, 0.1) is 10.1 Å². The topological polar surface area (TPSA) is 65.3 Å². The van der Waals surface area contributed by atoms with Gasteiger partial charge in [-0.25, -0.2) is 4.98 Å². The summed E-state index contributed by atoms with van der Waals surface area (Å²) in [6.45, 7) is 0. The van der Waals surface area contributed by atoms with Gasteiger partial charge in [0.2, 0.25) is 5.88 Å². The van der Waals surface area contributed by atoms with E-state index in [2.05, 4.69) is 36.8 Å². The molecule has 0 aliphatic carbocycles. The van der Waals surface area contributed by atoms with E-state index >= 15 is 0 Å². The second-order valence-corrected chi connectivity index (χ2v) is 5.07. The van der Waals surface area contributed by atoms with Gasteiger partial charge in [-0.15, -0.1) is 0 Å². The lowest BCUT2D eigenvalue weighted by molar-refractivity contribution is -0.385. The number of rotatable bonds is 3. The summed E-state index contributed by atoms with van der Waals surface area (Å²) in [4.78, 5) is 14.0. The van der Waals surface area contributed by atoms with Crippen LogP contribution in [0.4, 0.5) is 5.69 Å². The first-order valence-electron chi connectivity index (χ1n) is 4.79. The normalized spacial score (nSPS) is 10.1. The number of nitrogens with zero attached hydrogens (tertiary/aromatic N) is 2. The molecule has 1 heterocycles. The molecule has 2 aromatic rings. The second-order valence-electron chi connectivity index (χ2n) is 3.30. The number of hydrogen-bond acceptors (Lipinski definition) is 4. The molecule has 0 saturated carbocycles. The summed E-state index contributed by atoms with van der Waals surface area (Å²) in [5.74, 6) is 0.866. The van der Waals surface area contributed by atoms with Gasteiger partial charge in [-0.1, -0.05) is 22.0 Å². The van der Waals surface area contributed by atoms with Crippen molar-refractivity contribution in [1.29, 1.82) is 0 Å². The number of pyridine rings is 1. The number of ether oxygens (including phenoxy) is 1. The van der Waals surface area contributed by atoms with Crippen LogP contribution in [0.2, 0.25) is 0 Å². The Morgan fingerprint density at radius 1 is 1.28 bits per heavy atom. The van der Waals surface area contributed by atoms with Crippen molar-refractivity contribution in [3.05, 3.63) is 55.6 Å². The van der Waals surface area contributed by atoms with Crippen LogP contribution in [0.1, 0.15) is 0 Å². The van der Waals surface area contributed by atoms with Gasteiger partial charge >= 0.3 is 0 Å². The van der Waals surface area contributed by atoms with Crippen LogP contribution in [-0.4, -0.2) is 9.91 Å². The van der Waals surface area contributed by atoms with Gasteiger partial charge in [0.15, 0.2) is 0 Å². The second kappa shape index (κ2) is 5.45. The molecule has 0 atom stereocenters. The first-order chi connectivity index (χ1) is 8.56. The Balaban J connectivity index is 2.27. The third-order valence-corrected chi connectivity index (χ3v) is 3.08. The zero-order chi connectivity index (χ0) is 13.1. The highest BCUT2D eigenvalue weighted by molar-refractivity contribution is 9.10. The maximum atomic E-state index is 10.6. The van der Waals surface area contributed by atoms with Gasteiger partial charge in [-0.05, 0) is 34.1 Å². The van der Waals surface area contributed by atoms with E-state index in [0.717, 1.165) is 10.7 Å². The van der Waals surface area contributed by atoms with E-state index in [1.54, 1.807) is 12.1 Å². The summed E-state index contributed by atoms with van der Waals surface area (Å²) < 4.78 is 6.81. The molecule has 0 unspecified atom stereocenters. The molecule has 0 aliphatic rings. The molecule has 92 valence electrons. The Kier molecular flexibility index (Phi) is 3.93. The van der Waals surface area contributed by atoms with Crippen molar-refractivity contribution in [3.8, 4) is 11.6 Å². The predicted octanol–water partition coefficient (Wildman–Crippen LogP) is 4.31. The molecule has 0 aliphatic heterocycles. The monoisotopic (exact) mass is 372 g/mol. The number of aromatic nitrogens is 1. The highest BCUT2D eigenvalue weighted by Gasteiger charge is 2.12. The fourth-order valence-corrected chi connectivity index (χ4v) is 2.03. The number of halogens is 2. The van der Waals surface area contributed by atoms with E-state index in [-0.39, 0.29) is 11.6 Å². The molecule has 0 radical (unpaired) electrons. The number of benzene rings is 1. The van der Waals surface area contributed by atoms with Gasteiger partial charge < -0.3 is 4.74 Å². The van der Waals surface area contributed by atoms with E-state index < -0.39 is 4.92 Å². The zero-order valence-corrected chi connectivity index (χ0v) is 12.0. The maximum Gasteiger partial charge on any atom is 0.288 e. The first-order valence-corrected chi connectivity index (χ1v) is 6.38. The van der Waals surface area contributed by atoms with Gasteiger partial charge in [-0.3, -0.25) is 10.1 Å². The smallest absolute Gasteiger partial charge is 0.288 e. The minimum Gasteiger partial charge on any atom is -0.438 e. The summed E-state index contributed by atoms with van der Waals surface area (Å²) in [5, 5.41) is 10.6.